The molecule has 37 heavy (non-hydrogen) atoms. The molecule has 1 N–H and O–H groups in total. The number of aryl methyl sites for hydroxylation is 2. The molecule has 0 saturated carbocycles. The molecule has 0 spiro atoms. The van der Waals surface area contributed by atoms with Crippen LogP contribution in [0, 0.1) is 18.3 Å². The maximum atomic E-state index is 13.7. The standard InChI is InChI=1S/C30H29N3O3S/c1-4-21-9-11-22(12-10-21)18-27-29(35)33(24-13-15-25(16-14-24)36-5-2)30(37-27)26(19-31)28(34)32-23-8-6-7-20(3)17-23/h6-17,27H,4-5,18H2,1-3H3,(H,32,34)/b30-26-. The van der Waals surface area contributed by atoms with Gasteiger partial charge in [-0.25, -0.2) is 0 Å². The number of carbonyl (C=O) groups excluding carboxylic acids is 2. The molecule has 0 aliphatic carbocycles. The molecule has 3 aromatic carbocycles. The van der Waals surface area contributed by atoms with Crippen LogP contribution in [0.4, 0.5) is 11.4 Å². The van der Waals surface area contributed by atoms with Gasteiger partial charge in [0.25, 0.3) is 5.91 Å². The molecule has 1 saturated heterocycles. The lowest BCUT2D eigenvalue weighted by Crippen LogP contribution is -2.30. The first-order chi connectivity index (χ1) is 17.9. The van der Waals surface area contributed by atoms with Gasteiger partial charge < -0.3 is 10.1 Å². The monoisotopic (exact) mass is 511 g/mol. The van der Waals surface area contributed by atoms with E-state index in [1.807, 2.05) is 44.2 Å². The highest BCUT2D eigenvalue weighted by atomic mass is 32.2. The molecular formula is C30H29N3O3S. The van der Waals surface area contributed by atoms with Gasteiger partial charge >= 0.3 is 0 Å². The van der Waals surface area contributed by atoms with Crippen LogP contribution in [-0.2, 0) is 22.4 Å². The summed E-state index contributed by atoms with van der Waals surface area (Å²) in [5.74, 6) is -0.0338. The third kappa shape index (κ3) is 6.04. The smallest absolute Gasteiger partial charge is 0.269 e. The lowest BCUT2D eigenvalue weighted by molar-refractivity contribution is -0.117. The Hall–Kier alpha value is -4.02. The maximum Gasteiger partial charge on any atom is 0.269 e. The Labute approximate surface area is 221 Å². The highest BCUT2D eigenvalue weighted by Gasteiger charge is 2.40. The summed E-state index contributed by atoms with van der Waals surface area (Å²) in [6, 6.07) is 24.7. The lowest BCUT2D eigenvalue weighted by Gasteiger charge is -2.19. The zero-order chi connectivity index (χ0) is 26.4. The molecule has 4 rings (SSSR count). The quantitative estimate of drug-likeness (QED) is 0.295. The van der Waals surface area contributed by atoms with E-state index in [1.165, 1.54) is 22.2 Å². The second-order valence-corrected chi connectivity index (χ2v) is 9.89. The number of rotatable bonds is 8. The summed E-state index contributed by atoms with van der Waals surface area (Å²) in [7, 11) is 0. The molecule has 0 bridgehead atoms. The number of anilines is 2. The number of nitriles is 1. The molecule has 1 fully saturated rings. The summed E-state index contributed by atoms with van der Waals surface area (Å²) >= 11 is 1.26. The Balaban J connectivity index is 1.70. The van der Waals surface area contributed by atoms with E-state index in [9.17, 15) is 14.9 Å². The average molecular weight is 512 g/mol. The fourth-order valence-electron chi connectivity index (χ4n) is 4.12. The van der Waals surface area contributed by atoms with E-state index >= 15 is 0 Å². The zero-order valence-electron chi connectivity index (χ0n) is 21.2. The van der Waals surface area contributed by atoms with Crippen LogP contribution in [0.25, 0.3) is 0 Å². The van der Waals surface area contributed by atoms with Crippen molar-refractivity contribution in [3.63, 3.8) is 0 Å². The van der Waals surface area contributed by atoms with Crippen LogP contribution >= 0.6 is 11.8 Å². The Morgan fingerprint density at radius 1 is 1.05 bits per heavy atom. The summed E-state index contributed by atoms with van der Waals surface area (Å²) in [6.45, 7) is 6.46. The number of benzene rings is 3. The van der Waals surface area contributed by atoms with Gasteiger partial charge in [0.2, 0.25) is 5.91 Å². The number of nitrogens with one attached hydrogen (secondary N) is 1. The lowest BCUT2D eigenvalue weighted by atomic mass is 10.1. The van der Waals surface area contributed by atoms with E-state index < -0.39 is 11.2 Å². The number of thioether (sulfide) groups is 1. The van der Waals surface area contributed by atoms with Crippen molar-refractivity contribution in [3.05, 3.63) is 100 Å². The normalized spacial score (nSPS) is 16.3. The summed E-state index contributed by atoms with van der Waals surface area (Å²) < 4.78 is 5.54. The number of hydrogen-bond acceptors (Lipinski definition) is 5. The fourth-order valence-corrected chi connectivity index (χ4v) is 5.43. The highest BCUT2D eigenvalue weighted by molar-refractivity contribution is 8.05. The predicted octanol–water partition coefficient (Wildman–Crippen LogP) is 6.02. The highest BCUT2D eigenvalue weighted by Crippen LogP contribution is 2.42. The van der Waals surface area contributed by atoms with Crippen LogP contribution < -0.4 is 15.0 Å². The van der Waals surface area contributed by atoms with Gasteiger partial charge in [0.1, 0.15) is 22.4 Å². The molecule has 1 heterocycles. The van der Waals surface area contributed by atoms with Crippen LogP contribution in [-0.4, -0.2) is 23.7 Å². The van der Waals surface area contributed by atoms with E-state index in [4.69, 9.17) is 4.74 Å². The summed E-state index contributed by atoms with van der Waals surface area (Å²) in [4.78, 5) is 28.4. The van der Waals surface area contributed by atoms with Gasteiger partial charge in [0, 0.05) is 11.4 Å². The van der Waals surface area contributed by atoms with Crippen molar-refractivity contribution < 1.29 is 14.3 Å². The Bertz CT molecular complexity index is 1360. The fraction of sp³-hybridized carbons (Fsp3) is 0.233. The Kier molecular flexibility index (Phi) is 8.32. The zero-order valence-corrected chi connectivity index (χ0v) is 22.0. The summed E-state index contributed by atoms with van der Waals surface area (Å²) in [6.07, 6.45) is 1.43. The predicted molar refractivity (Wildman–Crippen MR) is 148 cm³/mol. The van der Waals surface area contributed by atoms with Gasteiger partial charge in [-0.15, -0.1) is 0 Å². The maximum absolute atomic E-state index is 13.7. The van der Waals surface area contributed by atoms with Gasteiger partial charge in [-0.3, -0.25) is 14.5 Å². The number of amides is 2. The van der Waals surface area contributed by atoms with E-state index in [0.29, 0.717) is 35.2 Å². The van der Waals surface area contributed by atoms with Gasteiger partial charge in [-0.2, -0.15) is 5.26 Å². The Morgan fingerprint density at radius 2 is 1.76 bits per heavy atom. The first-order valence-corrected chi connectivity index (χ1v) is 13.1. The number of ether oxygens (including phenoxy) is 1. The van der Waals surface area contributed by atoms with Gasteiger partial charge in [-0.05, 0) is 79.8 Å². The summed E-state index contributed by atoms with van der Waals surface area (Å²) in [5, 5.41) is 12.7. The third-order valence-electron chi connectivity index (χ3n) is 6.04. The second kappa shape index (κ2) is 11.8. The molecule has 2 amide bonds. The number of hydrogen-bond donors (Lipinski definition) is 1. The van der Waals surface area contributed by atoms with Gasteiger partial charge in [-0.1, -0.05) is 55.1 Å². The van der Waals surface area contributed by atoms with Crippen molar-refractivity contribution >= 4 is 35.0 Å². The second-order valence-electron chi connectivity index (χ2n) is 8.70. The molecule has 188 valence electrons. The van der Waals surface area contributed by atoms with Crippen molar-refractivity contribution in [2.45, 2.75) is 38.9 Å². The van der Waals surface area contributed by atoms with Crippen LogP contribution in [0.15, 0.2) is 83.4 Å². The van der Waals surface area contributed by atoms with Gasteiger partial charge in [0.05, 0.1) is 11.9 Å². The van der Waals surface area contributed by atoms with Crippen LogP contribution in [0.1, 0.15) is 30.5 Å². The minimum atomic E-state index is -0.549. The SMILES string of the molecule is CCOc1ccc(N2C(=O)C(Cc3ccc(CC)cc3)S/C2=C(/C#N)C(=O)Nc2cccc(C)c2)cc1. The summed E-state index contributed by atoms with van der Waals surface area (Å²) in [5.41, 5.74) is 4.31. The largest absolute Gasteiger partial charge is 0.494 e. The molecule has 1 atom stereocenters. The molecule has 6 nitrogen and oxygen atoms in total. The van der Waals surface area contributed by atoms with Crippen LogP contribution in [0.3, 0.4) is 0 Å². The van der Waals surface area contributed by atoms with Crippen LogP contribution in [0.5, 0.6) is 5.75 Å². The van der Waals surface area contributed by atoms with E-state index in [-0.39, 0.29) is 11.5 Å². The van der Waals surface area contributed by atoms with E-state index in [0.717, 1.165) is 17.5 Å². The van der Waals surface area contributed by atoms with Gasteiger partial charge in [0.15, 0.2) is 0 Å². The first kappa shape index (κ1) is 26.1. The molecule has 1 unspecified atom stereocenters. The number of carbonyl (C=O) groups is 2. The van der Waals surface area contributed by atoms with Crippen molar-refractivity contribution in [2.75, 3.05) is 16.8 Å². The minimum absolute atomic E-state index is 0.0995. The van der Waals surface area contributed by atoms with E-state index in [1.54, 1.807) is 30.3 Å². The average Bonchev–Trinajstić information content (AvgIpc) is 3.21. The molecule has 3 aromatic rings. The molecule has 0 radical (unpaired) electrons. The van der Waals surface area contributed by atoms with Crippen molar-refractivity contribution in [2.24, 2.45) is 0 Å². The van der Waals surface area contributed by atoms with Crippen molar-refractivity contribution in [1.82, 2.24) is 0 Å². The molecule has 0 aromatic heterocycles. The van der Waals surface area contributed by atoms with Crippen LogP contribution in [0.2, 0.25) is 0 Å². The minimum Gasteiger partial charge on any atom is -0.494 e. The van der Waals surface area contributed by atoms with Crippen molar-refractivity contribution in [1.29, 1.82) is 5.26 Å². The topological polar surface area (TPSA) is 82.4 Å². The number of nitrogens with zero attached hydrogens (tertiary/aromatic N) is 2. The molecule has 1 aliphatic rings. The Morgan fingerprint density at radius 3 is 2.38 bits per heavy atom. The molecular weight excluding hydrogens is 482 g/mol. The molecule has 1 aliphatic heterocycles. The van der Waals surface area contributed by atoms with E-state index in [2.05, 4.69) is 30.4 Å². The first-order valence-electron chi connectivity index (χ1n) is 12.3. The van der Waals surface area contributed by atoms with Crippen molar-refractivity contribution in [3.8, 4) is 11.8 Å². The third-order valence-corrected chi connectivity index (χ3v) is 7.30. The molecule has 7 heteroatoms.